The molecular formula is C36H50N4. The van der Waals surface area contributed by atoms with Crippen molar-refractivity contribution in [2.24, 2.45) is 18.7 Å². The molecule has 40 heavy (non-hydrogen) atoms. The highest BCUT2D eigenvalue weighted by atomic mass is 15.3. The molecule has 0 aliphatic heterocycles. The van der Waals surface area contributed by atoms with E-state index in [2.05, 4.69) is 71.3 Å². The first kappa shape index (κ1) is 28.7. The molecule has 1 atom stereocenters. The number of nitrogens with two attached hydrogens (primary N) is 1. The van der Waals surface area contributed by atoms with E-state index >= 15 is 0 Å². The molecule has 2 aliphatic rings. The average Bonchev–Trinajstić information content (AvgIpc) is 3.56. The third kappa shape index (κ3) is 6.07. The Morgan fingerprint density at radius 3 is 2.48 bits per heavy atom. The first-order valence-electron chi connectivity index (χ1n) is 15.5. The van der Waals surface area contributed by atoms with Crippen molar-refractivity contribution in [2.75, 3.05) is 0 Å². The lowest BCUT2D eigenvalue weighted by Crippen LogP contribution is -2.26. The molecule has 2 heterocycles. The molecule has 2 N–H and O–H groups in total. The average molecular weight is 539 g/mol. The molecule has 4 aromatic rings. The van der Waals surface area contributed by atoms with Gasteiger partial charge in [0, 0.05) is 53.9 Å². The highest BCUT2D eigenvalue weighted by molar-refractivity contribution is 5.89. The molecule has 6 rings (SSSR count). The number of aromatic nitrogens is 3. The molecule has 2 aliphatic carbocycles. The van der Waals surface area contributed by atoms with E-state index in [-0.39, 0.29) is 7.43 Å². The van der Waals surface area contributed by atoms with Gasteiger partial charge in [-0.1, -0.05) is 75.4 Å². The normalized spacial score (nSPS) is 20.9. The minimum absolute atomic E-state index is 0. The predicted molar refractivity (Wildman–Crippen MR) is 170 cm³/mol. The predicted octanol–water partition coefficient (Wildman–Crippen LogP) is 9.31. The fourth-order valence-electron chi connectivity index (χ4n) is 7.51. The van der Waals surface area contributed by atoms with E-state index in [1.54, 1.807) is 0 Å². The van der Waals surface area contributed by atoms with Crippen molar-refractivity contribution in [2.45, 2.75) is 109 Å². The van der Waals surface area contributed by atoms with Crippen LogP contribution in [-0.4, -0.2) is 20.4 Å². The second-order valence-corrected chi connectivity index (χ2v) is 12.5. The largest absolute Gasteiger partial charge is 0.344 e. The molecule has 4 heteroatoms. The van der Waals surface area contributed by atoms with Crippen LogP contribution in [0.3, 0.4) is 0 Å². The van der Waals surface area contributed by atoms with E-state index in [1.807, 2.05) is 17.9 Å². The standard InChI is InChI=1S/C35H46N4.CH4/c1-25-8-6-10-27(22-25)31(13-7-9-26-14-17-29(36)18-15-26)33-24-39(30-11-4-3-5-12-30)35-19-16-28(23-32(33)35)34-20-21-37-38(34)2;/h6,8,10,16,19-24,26,29-31H,3-5,7,9,11-15,17-18,36H2,1-2H3;1H4. The Morgan fingerprint density at radius 2 is 1.75 bits per heavy atom. The number of fused-ring (bicyclic) bond motifs is 1. The summed E-state index contributed by atoms with van der Waals surface area (Å²) in [7, 11) is 2.04. The van der Waals surface area contributed by atoms with Crippen molar-refractivity contribution in [3.05, 3.63) is 77.6 Å². The summed E-state index contributed by atoms with van der Waals surface area (Å²) in [6.45, 7) is 2.23. The first-order valence-corrected chi connectivity index (χ1v) is 15.5. The molecule has 0 saturated heterocycles. The first-order chi connectivity index (χ1) is 19.1. The van der Waals surface area contributed by atoms with Crippen molar-refractivity contribution in [1.29, 1.82) is 0 Å². The maximum Gasteiger partial charge on any atom is 0.0679 e. The molecule has 2 saturated carbocycles. The third-order valence-corrected chi connectivity index (χ3v) is 9.77. The van der Waals surface area contributed by atoms with Crippen molar-refractivity contribution in [1.82, 2.24) is 14.3 Å². The van der Waals surface area contributed by atoms with Crippen LogP contribution >= 0.6 is 0 Å². The Labute approximate surface area is 242 Å². The highest BCUT2D eigenvalue weighted by Crippen LogP contribution is 2.41. The Morgan fingerprint density at radius 1 is 0.950 bits per heavy atom. The minimum atomic E-state index is 0. The smallest absolute Gasteiger partial charge is 0.0679 e. The van der Waals surface area contributed by atoms with E-state index < -0.39 is 0 Å². The van der Waals surface area contributed by atoms with Gasteiger partial charge in [-0.25, -0.2) is 0 Å². The molecule has 0 radical (unpaired) electrons. The van der Waals surface area contributed by atoms with Crippen LogP contribution in [-0.2, 0) is 7.05 Å². The summed E-state index contributed by atoms with van der Waals surface area (Å²) in [6.07, 6.45) is 20.0. The molecule has 0 amide bonds. The van der Waals surface area contributed by atoms with Crippen LogP contribution in [0.1, 0.15) is 113 Å². The number of aryl methyl sites for hydroxylation is 2. The van der Waals surface area contributed by atoms with E-state index in [1.165, 1.54) is 116 Å². The summed E-state index contributed by atoms with van der Waals surface area (Å²) >= 11 is 0. The van der Waals surface area contributed by atoms with Crippen LogP contribution < -0.4 is 5.73 Å². The maximum absolute atomic E-state index is 6.21. The maximum atomic E-state index is 6.21. The second kappa shape index (κ2) is 12.8. The van der Waals surface area contributed by atoms with Gasteiger partial charge in [0.05, 0.1) is 5.69 Å². The second-order valence-electron chi connectivity index (χ2n) is 12.5. The fourth-order valence-corrected chi connectivity index (χ4v) is 7.51. The van der Waals surface area contributed by atoms with Crippen LogP contribution in [0.25, 0.3) is 22.2 Å². The summed E-state index contributed by atoms with van der Waals surface area (Å²) in [5.41, 5.74) is 14.4. The molecule has 0 spiro atoms. The SMILES string of the molecule is C.Cc1cccc(C(CCCC2CCC(N)CC2)c2cn(C3CCCCC3)c3ccc(-c4ccnn4C)cc23)c1. The van der Waals surface area contributed by atoms with E-state index in [0.717, 1.165) is 5.92 Å². The van der Waals surface area contributed by atoms with E-state index in [4.69, 9.17) is 5.73 Å². The van der Waals surface area contributed by atoms with Gasteiger partial charge in [0.2, 0.25) is 0 Å². The molecule has 214 valence electrons. The molecule has 2 fully saturated rings. The number of hydrogen-bond donors (Lipinski definition) is 1. The van der Waals surface area contributed by atoms with Gasteiger partial charge in [-0.15, -0.1) is 0 Å². The highest BCUT2D eigenvalue weighted by Gasteiger charge is 2.25. The fraction of sp³-hybridized carbons (Fsp3) is 0.528. The quantitative estimate of drug-likeness (QED) is 0.243. The molecule has 2 aromatic carbocycles. The van der Waals surface area contributed by atoms with Crippen molar-refractivity contribution >= 4 is 10.9 Å². The third-order valence-electron chi connectivity index (χ3n) is 9.77. The zero-order valence-corrected chi connectivity index (χ0v) is 24.0. The van der Waals surface area contributed by atoms with Crippen LogP contribution in [0.2, 0.25) is 0 Å². The van der Waals surface area contributed by atoms with Gasteiger partial charge in [-0.3, -0.25) is 4.68 Å². The van der Waals surface area contributed by atoms with Crippen LogP contribution in [0.15, 0.2) is 60.9 Å². The minimum Gasteiger partial charge on any atom is -0.344 e. The Balaban J connectivity index is 0.00000323. The van der Waals surface area contributed by atoms with Crippen LogP contribution in [0.4, 0.5) is 0 Å². The zero-order valence-electron chi connectivity index (χ0n) is 24.0. The summed E-state index contributed by atoms with van der Waals surface area (Å²) in [6, 6.07) is 19.6. The van der Waals surface area contributed by atoms with Crippen molar-refractivity contribution in [3.63, 3.8) is 0 Å². The summed E-state index contributed by atoms with van der Waals surface area (Å²) in [4.78, 5) is 0. The van der Waals surface area contributed by atoms with Crippen molar-refractivity contribution in [3.8, 4) is 11.3 Å². The Kier molecular flexibility index (Phi) is 9.15. The van der Waals surface area contributed by atoms with Gasteiger partial charge in [-0.2, -0.15) is 5.10 Å². The van der Waals surface area contributed by atoms with Gasteiger partial charge in [-0.05, 0) is 87.1 Å². The van der Waals surface area contributed by atoms with Crippen LogP contribution in [0, 0.1) is 12.8 Å². The lowest BCUT2D eigenvalue weighted by atomic mass is 9.81. The van der Waals surface area contributed by atoms with Gasteiger partial charge in [0.1, 0.15) is 0 Å². The van der Waals surface area contributed by atoms with Gasteiger partial charge < -0.3 is 10.3 Å². The molecule has 2 aromatic heterocycles. The number of rotatable bonds is 8. The Bertz CT molecular complexity index is 1380. The summed E-state index contributed by atoms with van der Waals surface area (Å²) in [5.74, 6) is 1.26. The number of hydrogen-bond acceptors (Lipinski definition) is 2. The molecule has 1 unspecified atom stereocenters. The van der Waals surface area contributed by atoms with Crippen molar-refractivity contribution < 1.29 is 0 Å². The zero-order chi connectivity index (χ0) is 26.8. The van der Waals surface area contributed by atoms with Gasteiger partial charge in [0.25, 0.3) is 0 Å². The van der Waals surface area contributed by atoms with E-state index in [9.17, 15) is 0 Å². The lowest BCUT2D eigenvalue weighted by molar-refractivity contribution is 0.302. The lowest BCUT2D eigenvalue weighted by Gasteiger charge is -2.27. The van der Waals surface area contributed by atoms with Gasteiger partial charge in [0.15, 0.2) is 0 Å². The summed E-state index contributed by atoms with van der Waals surface area (Å²) in [5, 5.41) is 5.89. The molecular weight excluding hydrogens is 488 g/mol. The topological polar surface area (TPSA) is 48.8 Å². The molecule has 4 nitrogen and oxygen atoms in total. The van der Waals surface area contributed by atoms with Gasteiger partial charge >= 0.3 is 0 Å². The van der Waals surface area contributed by atoms with E-state index in [0.29, 0.717) is 18.0 Å². The van der Waals surface area contributed by atoms with Crippen LogP contribution in [0.5, 0.6) is 0 Å². The Hall–Kier alpha value is -2.85. The monoisotopic (exact) mass is 538 g/mol. The number of nitrogens with zero attached hydrogens (tertiary/aromatic N) is 3. The molecule has 0 bridgehead atoms. The number of benzene rings is 2. The summed E-state index contributed by atoms with van der Waals surface area (Å²) < 4.78 is 4.65.